The quantitative estimate of drug-likeness (QED) is 0.494. The van der Waals surface area contributed by atoms with Gasteiger partial charge >= 0.3 is 0 Å². The number of hydrogen-bond acceptors (Lipinski definition) is 4. The molecule has 1 rings (SSSR count). The van der Waals surface area contributed by atoms with Crippen molar-refractivity contribution in [3.8, 4) is 0 Å². The van der Waals surface area contributed by atoms with Crippen molar-refractivity contribution >= 4 is 5.91 Å². The molecule has 26 heavy (non-hydrogen) atoms. The largest absolute Gasteiger partial charge is 0.391 e. The van der Waals surface area contributed by atoms with Crippen LogP contribution in [0, 0.1) is 5.92 Å². The van der Waals surface area contributed by atoms with Gasteiger partial charge in [-0.15, -0.1) is 0 Å². The van der Waals surface area contributed by atoms with Crippen molar-refractivity contribution in [2.75, 3.05) is 20.3 Å². The Hall–Kier alpha value is -1.50. The third-order valence-electron chi connectivity index (χ3n) is 4.40. The molecule has 148 valence electrons. The Morgan fingerprint density at radius 2 is 2.00 bits per heavy atom. The number of methoxy groups -OCH3 is 1. The summed E-state index contributed by atoms with van der Waals surface area (Å²) in [5.41, 5.74) is 5.80. The van der Waals surface area contributed by atoms with Gasteiger partial charge in [0.2, 0.25) is 5.91 Å². The van der Waals surface area contributed by atoms with Gasteiger partial charge in [-0.25, -0.2) is 4.39 Å². The van der Waals surface area contributed by atoms with Crippen molar-refractivity contribution in [3.63, 3.8) is 0 Å². The fourth-order valence-electron chi connectivity index (χ4n) is 2.78. The van der Waals surface area contributed by atoms with E-state index in [1.807, 2.05) is 30.3 Å². The summed E-state index contributed by atoms with van der Waals surface area (Å²) in [6.07, 6.45) is 0.501. The minimum absolute atomic E-state index is 0.197. The van der Waals surface area contributed by atoms with Crippen LogP contribution in [0.1, 0.15) is 38.7 Å². The summed E-state index contributed by atoms with van der Waals surface area (Å²) in [7, 11) is 1.56. The Kier molecular flexibility index (Phi) is 9.76. The molecule has 0 fully saturated rings. The number of aliphatic hydroxyl groups is 1. The predicted octanol–water partition coefficient (Wildman–Crippen LogP) is 2.21. The molecule has 0 aliphatic rings. The van der Waals surface area contributed by atoms with Crippen LogP contribution in [0.5, 0.6) is 0 Å². The van der Waals surface area contributed by atoms with Crippen molar-refractivity contribution in [2.24, 2.45) is 11.7 Å². The first-order valence-corrected chi connectivity index (χ1v) is 9.16. The topological polar surface area (TPSA) is 84.6 Å². The lowest BCUT2D eigenvalue weighted by atomic mass is 9.88. The number of benzene rings is 1. The van der Waals surface area contributed by atoms with Crippen molar-refractivity contribution < 1.29 is 19.0 Å². The van der Waals surface area contributed by atoms with Crippen LogP contribution >= 0.6 is 0 Å². The molecular formula is C20H33FN2O3. The van der Waals surface area contributed by atoms with Gasteiger partial charge in [-0.05, 0) is 45.1 Å². The van der Waals surface area contributed by atoms with E-state index in [2.05, 4.69) is 5.32 Å². The second kappa shape index (κ2) is 11.3. The summed E-state index contributed by atoms with van der Waals surface area (Å²) in [6.45, 7) is 3.77. The number of alkyl halides is 1. The summed E-state index contributed by atoms with van der Waals surface area (Å²) >= 11 is 0. The van der Waals surface area contributed by atoms with Crippen molar-refractivity contribution in [1.82, 2.24) is 5.32 Å². The third kappa shape index (κ3) is 9.27. The standard InChI is InChI=1S/C20H33FN2O3/c1-20(2,21)10-9-16(19(25)23-11-12-26-3)14-18(24)17(22)13-15-7-5-4-6-8-15/h4-8,16-18,24H,9-14,22H2,1-3H3,(H,23,25)/t16-,17+,18+/m1/s1. The maximum atomic E-state index is 13.9. The van der Waals surface area contributed by atoms with Gasteiger partial charge in [-0.1, -0.05) is 30.3 Å². The number of nitrogens with two attached hydrogens (primary N) is 1. The summed E-state index contributed by atoms with van der Waals surface area (Å²) in [5, 5.41) is 13.3. The van der Waals surface area contributed by atoms with Crippen LogP contribution in [-0.2, 0) is 16.0 Å². The van der Waals surface area contributed by atoms with E-state index in [1.54, 1.807) is 7.11 Å². The van der Waals surface area contributed by atoms with E-state index in [4.69, 9.17) is 10.5 Å². The smallest absolute Gasteiger partial charge is 0.223 e. The predicted molar refractivity (Wildman–Crippen MR) is 102 cm³/mol. The number of carbonyl (C=O) groups excluding carboxylic acids is 1. The molecule has 1 aromatic rings. The molecule has 0 saturated heterocycles. The molecule has 1 amide bonds. The lowest BCUT2D eigenvalue weighted by Gasteiger charge is -2.25. The zero-order valence-electron chi connectivity index (χ0n) is 16.1. The van der Waals surface area contributed by atoms with E-state index in [0.29, 0.717) is 26.0 Å². The maximum absolute atomic E-state index is 13.9. The number of ether oxygens (including phenoxy) is 1. The van der Waals surface area contributed by atoms with Crippen molar-refractivity contribution in [3.05, 3.63) is 35.9 Å². The van der Waals surface area contributed by atoms with Gasteiger partial charge in [0.05, 0.1) is 12.7 Å². The van der Waals surface area contributed by atoms with Crippen molar-refractivity contribution in [1.29, 1.82) is 0 Å². The Morgan fingerprint density at radius 3 is 2.58 bits per heavy atom. The molecule has 0 saturated carbocycles. The Balaban J connectivity index is 2.64. The van der Waals surface area contributed by atoms with Crippen LogP contribution in [0.4, 0.5) is 4.39 Å². The molecule has 0 radical (unpaired) electrons. The SMILES string of the molecule is COCCNC(=O)[C@H](CCC(C)(C)F)C[C@H](O)[C@@H](N)Cc1ccccc1. The number of carbonyl (C=O) groups is 1. The lowest BCUT2D eigenvalue weighted by molar-refractivity contribution is -0.126. The molecule has 0 unspecified atom stereocenters. The van der Waals surface area contributed by atoms with E-state index >= 15 is 0 Å². The average molecular weight is 368 g/mol. The zero-order valence-corrected chi connectivity index (χ0v) is 16.1. The van der Waals surface area contributed by atoms with Gasteiger partial charge in [-0.3, -0.25) is 4.79 Å². The van der Waals surface area contributed by atoms with Crippen molar-refractivity contribution in [2.45, 2.75) is 57.3 Å². The van der Waals surface area contributed by atoms with E-state index in [0.717, 1.165) is 5.56 Å². The highest BCUT2D eigenvalue weighted by Crippen LogP contribution is 2.24. The number of hydrogen-bond donors (Lipinski definition) is 3. The first-order chi connectivity index (χ1) is 12.2. The number of amides is 1. The fourth-order valence-corrected chi connectivity index (χ4v) is 2.78. The Morgan fingerprint density at radius 1 is 1.35 bits per heavy atom. The molecule has 0 aliphatic carbocycles. The van der Waals surface area contributed by atoms with E-state index in [9.17, 15) is 14.3 Å². The molecule has 0 spiro atoms. The second-order valence-corrected chi connectivity index (χ2v) is 7.39. The number of halogens is 1. The zero-order chi connectivity index (χ0) is 19.6. The highest BCUT2D eigenvalue weighted by atomic mass is 19.1. The number of rotatable bonds is 12. The van der Waals surface area contributed by atoms with Gasteiger partial charge in [0.25, 0.3) is 0 Å². The van der Waals surface area contributed by atoms with Gasteiger partial charge in [0.1, 0.15) is 5.67 Å². The molecule has 0 heterocycles. The summed E-state index contributed by atoms with van der Waals surface area (Å²) in [6, 6.07) is 9.18. The van der Waals surface area contributed by atoms with Crippen LogP contribution in [-0.4, -0.2) is 49.1 Å². The molecule has 6 heteroatoms. The highest BCUT2D eigenvalue weighted by molar-refractivity contribution is 5.78. The molecule has 3 atom stereocenters. The Bertz CT molecular complexity index is 520. The number of nitrogens with one attached hydrogen (secondary N) is 1. The first-order valence-electron chi connectivity index (χ1n) is 9.16. The summed E-state index contributed by atoms with van der Waals surface area (Å²) in [4.78, 5) is 12.4. The molecule has 0 aliphatic heterocycles. The first kappa shape index (κ1) is 22.5. The summed E-state index contributed by atoms with van der Waals surface area (Å²) in [5.74, 6) is -0.684. The van der Waals surface area contributed by atoms with E-state index in [-0.39, 0.29) is 18.7 Å². The summed E-state index contributed by atoms with van der Waals surface area (Å²) < 4.78 is 18.8. The number of aliphatic hydroxyl groups excluding tert-OH is 1. The lowest BCUT2D eigenvalue weighted by Crippen LogP contribution is -2.41. The molecule has 1 aromatic carbocycles. The van der Waals surface area contributed by atoms with Gasteiger partial charge in [-0.2, -0.15) is 0 Å². The van der Waals surface area contributed by atoms with E-state index < -0.39 is 23.7 Å². The molecule has 5 nitrogen and oxygen atoms in total. The van der Waals surface area contributed by atoms with Crippen LogP contribution < -0.4 is 11.1 Å². The van der Waals surface area contributed by atoms with Gasteiger partial charge in [0.15, 0.2) is 0 Å². The molecule has 0 aromatic heterocycles. The maximum Gasteiger partial charge on any atom is 0.223 e. The second-order valence-electron chi connectivity index (χ2n) is 7.39. The third-order valence-corrected chi connectivity index (χ3v) is 4.40. The minimum Gasteiger partial charge on any atom is -0.391 e. The van der Waals surface area contributed by atoms with Crippen LogP contribution in [0.3, 0.4) is 0 Å². The Labute approximate surface area is 156 Å². The van der Waals surface area contributed by atoms with Crippen LogP contribution in [0.2, 0.25) is 0 Å². The monoisotopic (exact) mass is 368 g/mol. The van der Waals surface area contributed by atoms with Crippen LogP contribution in [0.15, 0.2) is 30.3 Å². The highest BCUT2D eigenvalue weighted by Gasteiger charge is 2.28. The van der Waals surface area contributed by atoms with Gasteiger partial charge in [0, 0.05) is 25.6 Å². The van der Waals surface area contributed by atoms with Crippen LogP contribution in [0.25, 0.3) is 0 Å². The fraction of sp³-hybridized carbons (Fsp3) is 0.650. The van der Waals surface area contributed by atoms with E-state index in [1.165, 1.54) is 13.8 Å². The van der Waals surface area contributed by atoms with Gasteiger partial charge < -0.3 is 20.9 Å². The molecular weight excluding hydrogens is 335 g/mol. The molecule has 4 N–H and O–H groups in total. The normalized spacial score (nSPS) is 15.3. The molecule has 0 bridgehead atoms. The minimum atomic E-state index is -1.36. The average Bonchev–Trinajstić information content (AvgIpc) is 2.58.